The molecule has 0 aromatic heterocycles. The van der Waals surface area contributed by atoms with Crippen LogP contribution in [-0.2, 0) is 6.54 Å². The normalized spacial score (nSPS) is 20.1. The van der Waals surface area contributed by atoms with Crippen LogP contribution in [0.15, 0.2) is 18.2 Å². The second kappa shape index (κ2) is 8.38. The maximum Gasteiger partial charge on any atom is 0.0595 e. The average Bonchev–Trinajstić information content (AvgIpc) is 2.44. The number of nitrogens with one attached hydrogen (secondary N) is 1. The molecule has 1 heterocycles. The third kappa shape index (κ3) is 5.45. The van der Waals surface area contributed by atoms with E-state index in [1.165, 1.54) is 31.4 Å². The minimum Gasteiger partial charge on any atom is -0.315 e. The molecule has 0 radical (unpaired) electrons. The summed E-state index contributed by atoms with van der Waals surface area (Å²) in [6.07, 6.45) is 3.92. The lowest BCUT2D eigenvalue weighted by Gasteiger charge is -2.36. The number of benzene rings is 1. The lowest BCUT2D eigenvalue weighted by Crippen LogP contribution is -2.45. The van der Waals surface area contributed by atoms with Crippen LogP contribution in [0.2, 0.25) is 10.0 Å². The Hall–Kier alpha value is -0.280. The fourth-order valence-corrected chi connectivity index (χ4v) is 3.23. The molecule has 1 aromatic rings. The second-order valence-corrected chi connectivity index (χ2v) is 7.24. The van der Waals surface area contributed by atoms with Crippen LogP contribution in [0.5, 0.6) is 0 Å². The van der Waals surface area contributed by atoms with E-state index >= 15 is 0 Å². The van der Waals surface area contributed by atoms with Crippen molar-refractivity contribution in [1.82, 2.24) is 10.2 Å². The monoisotopic (exact) mass is 328 g/mol. The first-order valence-corrected chi connectivity index (χ1v) is 8.70. The zero-order valence-electron chi connectivity index (χ0n) is 13.0. The van der Waals surface area contributed by atoms with Crippen LogP contribution in [0.4, 0.5) is 0 Å². The highest BCUT2D eigenvalue weighted by molar-refractivity contribution is 6.42. The lowest BCUT2D eigenvalue weighted by molar-refractivity contribution is 0.137. The van der Waals surface area contributed by atoms with Crippen molar-refractivity contribution < 1.29 is 0 Å². The molecule has 0 amide bonds. The van der Waals surface area contributed by atoms with Crippen LogP contribution in [-0.4, -0.2) is 30.6 Å². The molecule has 118 valence electrons. The maximum atomic E-state index is 6.12. The number of hydrogen-bond donors (Lipinski definition) is 1. The predicted octanol–water partition coefficient (Wildman–Crippen LogP) is 4.59. The Bertz CT molecular complexity index is 448. The molecule has 1 fully saturated rings. The zero-order chi connectivity index (χ0) is 15.2. The van der Waals surface area contributed by atoms with Gasteiger partial charge in [-0.2, -0.15) is 0 Å². The molecule has 1 aliphatic heterocycles. The number of halogens is 2. The van der Waals surface area contributed by atoms with Crippen molar-refractivity contribution in [2.75, 3.05) is 19.6 Å². The van der Waals surface area contributed by atoms with E-state index in [1.807, 2.05) is 12.1 Å². The highest BCUT2D eigenvalue weighted by Gasteiger charge is 2.22. The fourth-order valence-electron chi connectivity index (χ4n) is 2.91. The van der Waals surface area contributed by atoms with E-state index < -0.39 is 0 Å². The summed E-state index contributed by atoms with van der Waals surface area (Å²) >= 11 is 12.1. The van der Waals surface area contributed by atoms with Gasteiger partial charge < -0.3 is 5.32 Å². The molecule has 1 aromatic carbocycles. The molecular weight excluding hydrogens is 303 g/mol. The Balaban J connectivity index is 1.93. The third-order valence-corrected chi connectivity index (χ3v) is 4.79. The van der Waals surface area contributed by atoms with Crippen molar-refractivity contribution in [2.24, 2.45) is 5.92 Å². The van der Waals surface area contributed by atoms with Crippen molar-refractivity contribution in [3.63, 3.8) is 0 Å². The third-order valence-electron chi connectivity index (χ3n) is 4.05. The molecule has 2 rings (SSSR count). The number of nitrogens with zero attached hydrogens (tertiary/aromatic N) is 1. The second-order valence-electron chi connectivity index (χ2n) is 6.42. The Morgan fingerprint density at radius 1 is 1.24 bits per heavy atom. The van der Waals surface area contributed by atoms with Crippen LogP contribution < -0.4 is 5.32 Å². The molecule has 0 aliphatic carbocycles. The van der Waals surface area contributed by atoms with Gasteiger partial charge in [0.25, 0.3) is 0 Å². The van der Waals surface area contributed by atoms with Gasteiger partial charge in [-0.15, -0.1) is 0 Å². The molecule has 21 heavy (non-hydrogen) atoms. The van der Waals surface area contributed by atoms with Crippen molar-refractivity contribution in [3.8, 4) is 0 Å². The first-order valence-electron chi connectivity index (χ1n) is 7.95. The van der Waals surface area contributed by atoms with E-state index in [2.05, 4.69) is 30.1 Å². The Labute approximate surface area is 138 Å². The quantitative estimate of drug-likeness (QED) is 0.821. The minimum absolute atomic E-state index is 0.631. The van der Waals surface area contributed by atoms with E-state index in [0.29, 0.717) is 22.0 Å². The molecular formula is C17H26Cl2N2. The predicted molar refractivity (Wildman–Crippen MR) is 92.2 cm³/mol. The smallest absolute Gasteiger partial charge is 0.0595 e. The number of rotatable bonds is 6. The Morgan fingerprint density at radius 2 is 2.05 bits per heavy atom. The van der Waals surface area contributed by atoms with Crippen LogP contribution >= 0.6 is 23.2 Å². The SMILES string of the molecule is CC(C)CNCC1CCCCN1Cc1ccc(Cl)c(Cl)c1. The fraction of sp³-hybridized carbons (Fsp3) is 0.647. The van der Waals surface area contributed by atoms with Gasteiger partial charge in [0.2, 0.25) is 0 Å². The molecule has 0 bridgehead atoms. The van der Waals surface area contributed by atoms with Gasteiger partial charge in [-0.05, 0) is 49.5 Å². The van der Waals surface area contributed by atoms with E-state index in [9.17, 15) is 0 Å². The molecule has 1 N–H and O–H groups in total. The molecule has 1 saturated heterocycles. The van der Waals surface area contributed by atoms with Crippen LogP contribution in [0.25, 0.3) is 0 Å². The van der Waals surface area contributed by atoms with Crippen molar-refractivity contribution >= 4 is 23.2 Å². The van der Waals surface area contributed by atoms with Crippen molar-refractivity contribution in [2.45, 2.75) is 45.7 Å². The molecule has 1 aliphatic rings. The van der Waals surface area contributed by atoms with E-state index in [4.69, 9.17) is 23.2 Å². The topological polar surface area (TPSA) is 15.3 Å². The highest BCUT2D eigenvalue weighted by Crippen LogP contribution is 2.25. The molecule has 0 saturated carbocycles. The molecule has 4 heteroatoms. The van der Waals surface area contributed by atoms with Crippen LogP contribution in [0.3, 0.4) is 0 Å². The average molecular weight is 329 g/mol. The molecule has 1 atom stereocenters. The molecule has 2 nitrogen and oxygen atoms in total. The van der Waals surface area contributed by atoms with Gasteiger partial charge in [-0.25, -0.2) is 0 Å². The van der Waals surface area contributed by atoms with Crippen LogP contribution in [0, 0.1) is 5.92 Å². The highest BCUT2D eigenvalue weighted by atomic mass is 35.5. The number of likely N-dealkylation sites (tertiary alicyclic amines) is 1. The summed E-state index contributed by atoms with van der Waals surface area (Å²) in [7, 11) is 0. The van der Waals surface area contributed by atoms with Gasteiger partial charge >= 0.3 is 0 Å². The van der Waals surface area contributed by atoms with Gasteiger partial charge in [-0.1, -0.05) is 49.5 Å². The number of piperidine rings is 1. The van der Waals surface area contributed by atoms with Crippen molar-refractivity contribution in [1.29, 1.82) is 0 Å². The first kappa shape index (κ1) is 17.1. The summed E-state index contributed by atoms with van der Waals surface area (Å²) in [4.78, 5) is 2.58. The Morgan fingerprint density at radius 3 is 2.76 bits per heavy atom. The summed E-state index contributed by atoms with van der Waals surface area (Å²) in [6.45, 7) is 8.82. The number of hydrogen-bond acceptors (Lipinski definition) is 2. The summed E-state index contributed by atoms with van der Waals surface area (Å²) in [5, 5.41) is 4.89. The molecule has 1 unspecified atom stereocenters. The largest absolute Gasteiger partial charge is 0.315 e. The van der Waals surface area contributed by atoms with Gasteiger partial charge in [0.1, 0.15) is 0 Å². The van der Waals surface area contributed by atoms with Gasteiger partial charge in [0.15, 0.2) is 0 Å². The maximum absolute atomic E-state index is 6.12. The minimum atomic E-state index is 0.631. The van der Waals surface area contributed by atoms with E-state index in [-0.39, 0.29) is 0 Å². The lowest BCUT2D eigenvalue weighted by atomic mass is 10.0. The van der Waals surface area contributed by atoms with Gasteiger partial charge in [-0.3, -0.25) is 4.90 Å². The van der Waals surface area contributed by atoms with E-state index in [0.717, 1.165) is 19.6 Å². The van der Waals surface area contributed by atoms with Gasteiger partial charge in [0, 0.05) is 19.1 Å². The summed E-state index contributed by atoms with van der Waals surface area (Å²) in [5.74, 6) is 0.706. The summed E-state index contributed by atoms with van der Waals surface area (Å²) in [5.41, 5.74) is 1.25. The van der Waals surface area contributed by atoms with Gasteiger partial charge in [0.05, 0.1) is 10.0 Å². The van der Waals surface area contributed by atoms with Crippen LogP contribution in [0.1, 0.15) is 38.7 Å². The zero-order valence-corrected chi connectivity index (χ0v) is 14.6. The molecule has 0 spiro atoms. The first-order chi connectivity index (χ1) is 10.1. The summed E-state index contributed by atoms with van der Waals surface area (Å²) < 4.78 is 0. The standard InChI is InChI=1S/C17H26Cl2N2/c1-13(2)10-20-11-15-5-3-4-8-21(15)12-14-6-7-16(18)17(19)9-14/h6-7,9,13,15,20H,3-5,8,10-12H2,1-2H3. The summed E-state index contributed by atoms with van der Waals surface area (Å²) in [6, 6.07) is 6.61. The van der Waals surface area contributed by atoms with E-state index in [1.54, 1.807) is 0 Å². The Kier molecular flexibility index (Phi) is 6.81. The van der Waals surface area contributed by atoms with Crippen molar-refractivity contribution in [3.05, 3.63) is 33.8 Å².